The number of hydrogen-bond donors (Lipinski definition) is 0. The van der Waals surface area contributed by atoms with E-state index in [9.17, 15) is 0 Å². The molecule has 120 valence electrons. The van der Waals surface area contributed by atoms with Crippen LogP contribution in [-0.4, -0.2) is 71.7 Å². The van der Waals surface area contributed by atoms with Crippen LogP contribution in [0.25, 0.3) is 0 Å². The Morgan fingerprint density at radius 3 is 2.32 bits per heavy atom. The van der Waals surface area contributed by atoms with Crippen molar-refractivity contribution in [2.75, 3.05) is 60.6 Å². The van der Waals surface area contributed by atoms with Gasteiger partial charge in [-0.1, -0.05) is 0 Å². The largest absolute Gasteiger partial charge is 0.355 e. The highest BCUT2D eigenvalue weighted by molar-refractivity contribution is 7.99. The third-order valence-electron chi connectivity index (χ3n) is 4.89. The number of nitrogens with zero attached hydrogens (tertiary/aromatic N) is 5. The quantitative estimate of drug-likeness (QED) is 0.844. The monoisotopic (exact) mass is 319 g/mol. The van der Waals surface area contributed by atoms with Crippen molar-refractivity contribution in [2.24, 2.45) is 0 Å². The average Bonchev–Trinajstić information content (AvgIpc) is 3.42. The summed E-state index contributed by atoms with van der Waals surface area (Å²) in [5.41, 5.74) is 0. The van der Waals surface area contributed by atoms with Crippen LogP contribution in [0.4, 0.5) is 11.6 Å². The molecule has 2 aliphatic heterocycles. The molecule has 22 heavy (non-hydrogen) atoms. The van der Waals surface area contributed by atoms with Gasteiger partial charge in [0, 0.05) is 62.9 Å². The number of hydrogen-bond acceptors (Lipinski definition) is 6. The molecule has 0 unspecified atom stereocenters. The van der Waals surface area contributed by atoms with Crippen LogP contribution in [0.1, 0.15) is 19.3 Å². The molecule has 0 radical (unpaired) electrons. The summed E-state index contributed by atoms with van der Waals surface area (Å²) in [6, 6.07) is 3.08. The summed E-state index contributed by atoms with van der Waals surface area (Å²) in [5.74, 6) is 4.63. The molecule has 0 atom stereocenters. The SMILES string of the molecule is c1nc(N2CCSCC2)cc(N2CCCN(C3CC3)CC2)n1. The fraction of sp³-hybridized carbons (Fsp3) is 0.750. The fourth-order valence-electron chi connectivity index (χ4n) is 3.45. The first-order chi connectivity index (χ1) is 10.9. The molecular formula is C16H25N5S. The minimum absolute atomic E-state index is 0.881. The molecule has 3 aliphatic rings. The Hall–Kier alpha value is -1.01. The molecule has 6 heteroatoms. The van der Waals surface area contributed by atoms with Crippen molar-refractivity contribution < 1.29 is 0 Å². The molecule has 0 bridgehead atoms. The van der Waals surface area contributed by atoms with Crippen molar-refractivity contribution in [3.05, 3.63) is 12.4 Å². The summed E-state index contributed by atoms with van der Waals surface area (Å²) in [4.78, 5) is 16.6. The third kappa shape index (κ3) is 3.33. The second-order valence-electron chi connectivity index (χ2n) is 6.44. The number of anilines is 2. The molecule has 1 aromatic rings. The zero-order valence-corrected chi connectivity index (χ0v) is 14.0. The van der Waals surface area contributed by atoms with Gasteiger partial charge in [-0.2, -0.15) is 11.8 Å². The summed E-state index contributed by atoms with van der Waals surface area (Å²) in [5, 5.41) is 0. The molecular weight excluding hydrogens is 294 g/mol. The van der Waals surface area contributed by atoms with Gasteiger partial charge in [0.25, 0.3) is 0 Å². The number of thioether (sulfide) groups is 1. The van der Waals surface area contributed by atoms with Crippen LogP contribution < -0.4 is 9.80 Å². The van der Waals surface area contributed by atoms with Crippen LogP contribution in [0.15, 0.2) is 12.4 Å². The lowest BCUT2D eigenvalue weighted by molar-refractivity contribution is 0.283. The van der Waals surface area contributed by atoms with E-state index in [-0.39, 0.29) is 0 Å². The molecule has 1 saturated carbocycles. The molecule has 3 fully saturated rings. The van der Waals surface area contributed by atoms with E-state index in [0.29, 0.717) is 0 Å². The van der Waals surface area contributed by atoms with Gasteiger partial charge in [-0.25, -0.2) is 9.97 Å². The minimum Gasteiger partial charge on any atom is -0.355 e. The van der Waals surface area contributed by atoms with Crippen LogP contribution in [0, 0.1) is 0 Å². The summed E-state index contributed by atoms with van der Waals surface area (Å²) in [6.45, 7) is 6.87. The zero-order valence-electron chi connectivity index (χ0n) is 13.2. The van der Waals surface area contributed by atoms with Crippen LogP contribution in [0.2, 0.25) is 0 Å². The summed E-state index contributed by atoms with van der Waals surface area (Å²) in [7, 11) is 0. The average molecular weight is 319 g/mol. The van der Waals surface area contributed by atoms with Gasteiger partial charge in [0.15, 0.2) is 0 Å². The molecule has 0 amide bonds. The van der Waals surface area contributed by atoms with Crippen molar-refractivity contribution in [1.82, 2.24) is 14.9 Å². The van der Waals surface area contributed by atoms with Gasteiger partial charge in [-0.15, -0.1) is 0 Å². The molecule has 0 N–H and O–H groups in total. The van der Waals surface area contributed by atoms with E-state index >= 15 is 0 Å². The lowest BCUT2D eigenvalue weighted by atomic mass is 10.3. The minimum atomic E-state index is 0.881. The highest BCUT2D eigenvalue weighted by Crippen LogP contribution is 2.28. The van der Waals surface area contributed by atoms with Gasteiger partial charge < -0.3 is 9.80 Å². The van der Waals surface area contributed by atoms with E-state index in [4.69, 9.17) is 0 Å². The molecule has 5 nitrogen and oxygen atoms in total. The molecule has 3 heterocycles. The van der Waals surface area contributed by atoms with E-state index in [0.717, 1.165) is 43.9 Å². The van der Waals surface area contributed by atoms with E-state index in [2.05, 4.69) is 30.7 Å². The van der Waals surface area contributed by atoms with Crippen LogP contribution in [-0.2, 0) is 0 Å². The topological polar surface area (TPSA) is 35.5 Å². The van der Waals surface area contributed by atoms with Crippen LogP contribution in [0.5, 0.6) is 0 Å². The van der Waals surface area contributed by atoms with Gasteiger partial charge in [-0.05, 0) is 19.3 Å². The first-order valence-corrected chi connectivity index (χ1v) is 9.69. The summed E-state index contributed by atoms with van der Waals surface area (Å²) >= 11 is 2.04. The number of aromatic nitrogens is 2. The Bertz CT molecular complexity index is 501. The van der Waals surface area contributed by atoms with Crippen molar-refractivity contribution in [1.29, 1.82) is 0 Å². The third-order valence-corrected chi connectivity index (χ3v) is 5.83. The van der Waals surface area contributed by atoms with Gasteiger partial charge in [0.2, 0.25) is 0 Å². The molecule has 2 saturated heterocycles. The van der Waals surface area contributed by atoms with Crippen LogP contribution in [0.3, 0.4) is 0 Å². The first-order valence-electron chi connectivity index (χ1n) is 8.54. The lowest BCUT2D eigenvalue weighted by Gasteiger charge is -2.28. The standard InChI is InChI=1S/C16H25N5S/c1-4-19(14-2-3-14)6-7-20(5-1)15-12-16(18-13-17-15)21-8-10-22-11-9-21/h12-14H,1-11H2. The Kier molecular flexibility index (Phi) is 4.39. The summed E-state index contributed by atoms with van der Waals surface area (Å²) < 4.78 is 0. The Morgan fingerprint density at radius 2 is 1.59 bits per heavy atom. The lowest BCUT2D eigenvalue weighted by Crippen LogP contribution is -2.34. The van der Waals surface area contributed by atoms with E-state index in [1.165, 1.54) is 43.9 Å². The highest BCUT2D eigenvalue weighted by Gasteiger charge is 2.30. The predicted molar refractivity (Wildman–Crippen MR) is 93.0 cm³/mol. The maximum atomic E-state index is 4.55. The highest BCUT2D eigenvalue weighted by atomic mass is 32.2. The maximum absolute atomic E-state index is 4.55. The predicted octanol–water partition coefficient (Wildman–Crippen LogP) is 1.70. The van der Waals surface area contributed by atoms with Crippen molar-refractivity contribution >= 4 is 23.4 Å². The molecule has 0 spiro atoms. The van der Waals surface area contributed by atoms with Gasteiger partial charge in [-0.3, -0.25) is 4.90 Å². The second kappa shape index (κ2) is 6.62. The van der Waals surface area contributed by atoms with Gasteiger partial charge in [0.1, 0.15) is 18.0 Å². The Labute approximate surface area is 137 Å². The van der Waals surface area contributed by atoms with Crippen LogP contribution >= 0.6 is 11.8 Å². The van der Waals surface area contributed by atoms with E-state index in [1.54, 1.807) is 6.33 Å². The van der Waals surface area contributed by atoms with Crippen molar-refractivity contribution in [3.8, 4) is 0 Å². The van der Waals surface area contributed by atoms with Crippen molar-refractivity contribution in [3.63, 3.8) is 0 Å². The molecule has 0 aromatic carbocycles. The molecule has 4 rings (SSSR count). The van der Waals surface area contributed by atoms with E-state index < -0.39 is 0 Å². The number of rotatable bonds is 3. The fourth-order valence-corrected chi connectivity index (χ4v) is 4.35. The van der Waals surface area contributed by atoms with Gasteiger partial charge in [0.05, 0.1) is 0 Å². The Morgan fingerprint density at radius 1 is 0.864 bits per heavy atom. The summed E-state index contributed by atoms with van der Waals surface area (Å²) in [6.07, 6.45) is 5.81. The Balaban J connectivity index is 1.44. The second-order valence-corrected chi connectivity index (χ2v) is 7.67. The first kappa shape index (κ1) is 14.6. The molecule has 1 aliphatic carbocycles. The smallest absolute Gasteiger partial charge is 0.134 e. The maximum Gasteiger partial charge on any atom is 0.134 e. The van der Waals surface area contributed by atoms with Gasteiger partial charge >= 0.3 is 0 Å². The molecule has 1 aromatic heterocycles. The van der Waals surface area contributed by atoms with E-state index in [1.807, 2.05) is 11.8 Å². The zero-order chi connectivity index (χ0) is 14.8. The van der Waals surface area contributed by atoms with Crippen molar-refractivity contribution in [2.45, 2.75) is 25.3 Å². The normalized spacial score (nSPS) is 24.4.